The molecule has 1 amide bonds. The molecule has 154 valence electrons. The van der Waals surface area contributed by atoms with Gasteiger partial charge >= 0.3 is 0 Å². The lowest BCUT2D eigenvalue weighted by Gasteiger charge is -2.18. The third-order valence-electron chi connectivity index (χ3n) is 4.83. The van der Waals surface area contributed by atoms with Crippen molar-refractivity contribution in [3.05, 3.63) is 99.0 Å². The zero-order valence-corrected chi connectivity index (χ0v) is 18.0. The van der Waals surface area contributed by atoms with Crippen LogP contribution in [0.5, 0.6) is 0 Å². The van der Waals surface area contributed by atoms with E-state index in [1.165, 1.54) is 0 Å². The van der Waals surface area contributed by atoms with Crippen molar-refractivity contribution in [2.45, 2.75) is 6.92 Å². The second-order valence-electron chi connectivity index (χ2n) is 6.94. The van der Waals surface area contributed by atoms with Gasteiger partial charge in [-0.1, -0.05) is 65.7 Å². The number of hydrogen-bond donors (Lipinski definition) is 2. The van der Waals surface area contributed by atoms with Gasteiger partial charge in [-0.3, -0.25) is 15.0 Å². The second-order valence-corrected chi connectivity index (χ2v) is 7.78. The number of rotatable bonds is 4. The summed E-state index contributed by atoms with van der Waals surface area (Å²) in [6, 6.07) is 19.5. The Bertz CT molecular complexity index is 1270. The summed E-state index contributed by atoms with van der Waals surface area (Å²) in [5, 5.41) is 7.95. The fraction of sp³-hybridized carbons (Fsp3) is 0.0417. The predicted molar refractivity (Wildman–Crippen MR) is 126 cm³/mol. The maximum atomic E-state index is 13.2. The van der Waals surface area contributed by atoms with Crippen molar-refractivity contribution in [1.82, 2.24) is 0 Å². The van der Waals surface area contributed by atoms with Crippen LogP contribution in [0.4, 0.5) is 11.4 Å². The number of nitrogens with zero attached hydrogens (tertiary/aromatic N) is 1. The summed E-state index contributed by atoms with van der Waals surface area (Å²) in [6.07, 6.45) is 1.58. The number of aryl methyl sites for hydroxylation is 1. The molecule has 0 bridgehead atoms. The number of hydrogen-bond acceptors (Lipinski definition) is 4. The number of hydrazone groups is 1. The molecule has 0 aromatic heterocycles. The molecule has 3 aromatic rings. The lowest BCUT2D eigenvalue weighted by molar-refractivity contribution is -0.116. The van der Waals surface area contributed by atoms with Gasteiger partial charge in [0.15, 0.2) is 0 Å². The van der Waals surface area contributed by atoms with Crippen LogP contribution in [0.2, 0.25) is 10.0 Å². The highest BCUT2D eigenvalue weighted by atomic mass is 35.5. The molecule has 7 heteroatoms. The van der Waals surface area contributed by atoms with E-state index >= 15 is 0 Å². The van der Waals surface area contributed by atoms with Gasteiger partial charge < -0.3 is 5.32 Å². The van der Waals surface area contributed by atoms with E-state index in [4.69, 9.17) is 23.2 Å². The predicted octanol–water partition coefficient (Wildman–Crippen LogP) is 5.72. The number of anilines is 2. The van der Waals surface area contributed by atoms with Gasteiger partial charge in [0.05, 0.1) is 16.3 Å². The molecule has 0 spiro atoms. The first-order valence-corrected chi connectivity index (χ1v) is 10.2. The molecule has 0 saturated carbocycles. The van der Waals surface area contributed by atoms with E-state index < -0.39 is 11.7 Å². The van der Waals surface area contributed by atoms with E-state index in [-0.39, 0.29) is 11.3 Å². The van der Waals surface area contributed by atoms with Crippen LogP contribution in [0, 0.1) is 6.92 Å². The number of nitrogens with one attached hydrogen (secondary N) is 2. The van der Waals surface area contributed by atoms with E-state index in [0.29, 0.717) is 27.0 Å². The van der Waals surface area contributed by atoms with Crippen LogP contribution >= 0.6 is 23.2 Å². The molecule has 0 unspecified atom stereocenters. The lowest BCUT2D eigenvalue weighted by atomic mass is 9.89. The Kier molecular flexibility index (Phi) is 5.89. The summed E-state index contributed by atoms with van der Waals surface area (Å²) in [6.45, 7) is 1.88. The molecule has 5 nitrogen and oxygen atoms in total. The number of ketones is 1. The van der Waals surface area contributed by atoms with Crippen molar-refractivity contribution in [3.63, 3.8) is 0 Å². The van der Waals surface area contributed by atoms with Crippen molar-refractivity contribution in [1.29, 1.82) is 0 Å². The topological polar surface area (TPSA) is 70.6 Å². The molecule has 31 heavy (non-hydrogen) atoms. The zero-order chi connectivity index (χ0) is 22.0. The highest BCUT2D eigenvalue weighted by molar-refractivity contribution is 6.59. The number of para-hydroxylation sites is 1. The van der Waals surface area contributed by atoms with Crippen molar-refractivity contribution >= 4 is 58.1 Å². The van der Waals surface area contributed by atoms with E-state index in [0.717, 1.165) is 11.1 Å². The van der Waals surface area contributed by atoms with Crippen molar-refractivity contribution in [2.24, 2.45) is 5.10 Å². The maximum Gasteiger partial charge on any atom is 0.259 e. The highest BCUT2D eigenvalue weighted by Gasteiger charge is 2.30. The van der Waals surface area contributed by atoms with E-state index in [9.17, 15) is 9.59 Å². The Balaban J connectivity index is 1.69. The molecule has 3 aromatic carbocycles. The van der Waals surface area contributed by atoms with Crippen LogP contribution in [0.25, 0.3) is 6.08 Å². The molecular weight excluding hydrogens is 433 g/mol. The number of halogens is 2. The largest absolute Gasteiger partial charge is 0.322 e. The smallest absolute Gasteiger partial charge is 0.259 e. The molecule has 1 aliphatic carbocycles. The van der Waals surface area contributed by atoms with Crippen LogP contribution in [-0.4, -0.2) is 17.4 Å². The fourth-order valence-electron chi connectivity index (χ4n) is 3.19. The molecule has 2 N–H and O–H groups in total. The summed E-state index contributed by atoms with van der Waals surface area (Å²) in [4.78, 5) is 26.2. The van der Waals surface area contributed by atoms with E-state index in [1.54, 1.807) is 36.4 Å². The van der Waals surface area contributed by atoms with Gasteiger partial charge in [-0.05, 0) is 48.4 Å². The van der Waals surface area contributed by atoms with E-state index in [1.807, 2.05) is 43.3 Å². The Hall–Kier alpha value is -3.41. The number of carbonyl (C=O) groups excluding carboxylic acids is 2. The van der Waals surface area contributed by atoms with Gasteiger partial charge in [-0.25, -0.2) is 0 Å². The first kappa shape index (κ1) is 20.8. The highest BCUT2D eigenvalue weighted by Crippen LogP contribution is 2.27. The van der Waals surface area contributed by atoms with Gasteiger partial charge in [0.2, 0.25) is 5.78 Å². The fourth-order valence-corrected chi connectivity index (χ4v) is 3.64. The van der Waals surface area contributed by atoms with Crippen LogP contribution in [0.15, 0.2) is 77.4 Å². The van der Waals surface area contributed by atoms with Crippen LogP contribution in [-0.2, 0) is 9.59 Å². The Morgan fingerprint density at radius 1 is 0.935 bits per heavy atom. The summed E-state index contributed by atoms with van der Waals surface area (Å²) in [5.74, 6) is -0.978. The van der Waals surface area contributed by atoms with Crippen molar-refractivity contribution in [2.75, 3.05) is 10.7 Å². The third kappa shape index (κ3) is 4.38. The summed E-state index contributed by atoms with van der Waals surface area (Å²) in [5.41, 5.74) is 6.32. The summed E-state index contributed by atoms with van der Waals surface area (Å²) in [7, 11) is 0. The monoisotopic (exact) mass is 449 g/mol. The molecule has 4 rings (SSSR count). The molecular formula is C24H17Cl2N3O2. The van der Waals surface area contributed by atoms with Gasteiger partial charge in [0.1, 0.15) is 5.71 Å². The molecule has 0 fully saturated rings. The Labute approximate surface area is 189 Å². The minimum atomic E-state index is -0.494. The number of Topliss-reactive ketones (excluding diaryl/α,β-unsaturated/α-hetero) is 1. The molecule has 1 aliphatic rings. The van der Waals surface area contributed by atoms with Crippen LogP contribution in [0.3, 0.4) is 0 Å². The second kappa shape index (κ2) is 8.76. The third-order valence-corrected chi connectivity index (χ3v) is 5.38. The maximum absolute atomic E-state index is 13.2. The average Bonchev–Trinajstić information content (AvgIpc) is 2.75. The number of amides is 1. The number of fused-ring (bicyclic) bond motifs is 1. The zero-order valence-electron chi connectivity index (χ0n) is 16.4. The first-order valence-electron chi connectivity index (χ1n) is 9.45. The number of benzene rings is 3. The Morgan fingerprint density at radius 2 is 1.68 bits per heavy atom. The normalized spacial score (nSPS) is 14.1. The van der Waals surface area contributed by atoms with Crippen molar-refractivity contribution < 1.29 is 9.59 Å². The summed E-state index contributed by atoms with van der Waals surface area (Å²) >= 11 is 12.1. The SMILES string of the molecule is Cc1ccccc1NC(=O)C1=Cc2ccccc2/C(=N/Nc2ccc(Cl)cc2Cl)C1=O. The first-order chi connectivity index (χ1) is 14.9. The van der Waals surface area contributed by atoms with Gasteiger partial charge in [-0.15, -0.1) is 0 Å². The van der Waals surface area contributed by atoms with Crippen LogP contribution < -0.4 is 10.7 Å². The van der Waals surface area contributed by atoms with E-state index in [2.05, 4.69) is 15.8 Å². The van der Waals surface area contributed by atoms with Gasteiger partial charge in [-0.2, -0.15) is 5.10 Å². The standard InChI is InChI=1S/C24H17Cl2N3O2/c1-14-6-2-5-9-20(14)27-24(31)18-12-15-7-3-4-8-17(15)22(23(18)30)29-28-21-11-10-16(25)13-19(21)26/h2-13,28H,1H3,(H,27,31)/b29-22-. The van der Waals surface area contributed by atoms with Gasteiger partial charge in [0.25, 0.3) is 5.91 Å². The molecule has 0 aliphatic heterocycles. The molecule has 0 heterocycles. The average molecular weight is 450 g/mol. The number of carbonyl (C=O) groups is 2. The lowest BCUT2D eigenvalue weighted by Crippen LogP contribution is -2.30. The molecule has 0 saturated heterocycles. The van der Waals surface area contributed by atoms with Gasteiger partial charge in [0, 0.05) is 16.3 Å². The van der Waals surface area contributed by atoms with Crippen molar-refractivity contribution in [3.8, 4) is 0 Å². The van der Waals surface area contributed by atoms with Crippen LogP contribution in [0.1, 0.15) is 16.7 Å². The minimum Gasteiger partial charge on any atom is -0.322 e. The quantitative estimate of drug-likeness (QED) is 0.395. The molecule has 0 radical (unpaired) electrons. The Morgan fingerprint density at radius 3 is 2.45 bits per heavy atom. The summed E-state index contributed by atoms with van der Waals surface area (Å²) < 4.78 is 0. The minimum absolute atomic E-state index is 0.00436. The molecule has 0 atom stereocenters.